The lowest BCUT2D eigenvalue weighted by molar-refractivity contribution is 0.0973. The van der Waals surface area contributed by atoms with Crippen molar-refractivity contribution < 1.29 is 4.39 Å². The SMILES string of the molecule is CN1CCN(c2ccccc2N)CC1F. The number of nitrogens with zero attached hydrogens (tertiary/aromatic N) is 2. The molecule has 2 rings (SSSR count). The molecule has 0 bridgehead atoms. The monoisotopic (exact) mass is 209 g/mol. The molecule has 1 atom stereocenters. The molecule has 4 heteroatoms. The first kappa shape index (κ1) is 10.2. The van der Waals surface area contributed by atoms with Gasteiger partial charge in [-0.3, -0.25) is 4.90 Å². The topological polar surface area (TPSA) is 32.5 Å². The molecule has 0 aliphatic carbocycles. The molecule has 1 saturated heterocycles. The molecular weight excluding hydrogens is 193 g/mol. The summed E-state index contributed by atoms with van der Waals surface area (Å²) in [5.74, 6) is 0. The first-order valence-electron chi connectivity index (χ1n) is 5.12. The molecule has 0 spiro atoms. The fourth-order valence-corrected chi connectivity index (χ4v) is 1.83. The summed E-state index contributed by atoms with van der Waals surface area (Å²) >= 11 is 0. The van der Waals surface area contributed by atoms with Gasteiger partial charge in [-0.2, -0.15) is 0 Å². The second-order valence-corrected chi connectivity index (χ2v) is 3.92. The average Bonchev–Trinajstić information content (AvgIpc) is 2.23. The summed E-state index contributed by atoms with van der Waals surface area (Å²) in [6, 6.07) is 7.60. The molecular formula is C11H16FN3. The van der Waals surface area contributed by atoms with Crippen molar-refractivity contribution in [2.24, 2.45) is 0 Å². The number of likely N-dealkylation sites (N-methyl/N-ethyl adjacent to an activating group) is 1. The maximum Gasteiger partial charge on any atom is 0.171 e. The second kappa shape index (κ2) is 4.06. The van der Waals surface area contributed by atoms with Crippen LogP contribution in [0, 0.1) is 0 Å². The van der Waals surface area contributed by atoms with Crippen LogP contribution in [0.4, 0.5) is 15.8 Å². The minimum absolute atomic E-state index is 0.394. The molecule has 2 N–H and O–H groups in total. The third kappa shape index (κ3) is 2.04. The highest BCUT2D eigenvalue weighted by Gasteiger charge is 2.24. The van der Waals surface area contributed by atoms with Crippen LogP contribution in [-0.4, -0.2) is 37.9 Å². The molecule has 15 heavy (non-hydrogen) atoms. The van der Waals surface area contributed by atoms with Gasteiger partial charge in [0.1, 0.15) is 0 Å². The molecule has 1 fully saturated rings. The second-order valence-electron chi connectivity index (χ2n) is 3.92. The molecule has 1 aliphatic rings. The highest BCUT2D eigenvalue weighted by atomic mass is 19.1. The van der Waals surface area contributed by atoms with E-state index in [1.165, 1.54) is 0 Å². The minimum atomic E-state index is -0.904. The van der Waals surface area contributed by atoms with Gasteiger partial charge in [0.25, 0.3) is 0 Å². The molecule has 0 radical (unpaired) electrons. The van der Waals surface area contributed by atoms with E-state index in [4.69, 9.17) is 5.73 Å². The Labute approximate surface area is 89.3 Å². The van der Waals surface area contributed by atoms with Gasteiger partial charge in [0.05, 0.1) is 17.9 Å². The van der Waals surface area contributed by atoms with Gasteiger partial charge in [-0.1, -0.05) is 12.1 Å². The van der Waals surface area contributed by atoms with Crippen LogP contribution in [-0.2, 0) is 0 Å². The molecule has 0 aromatic heterocycles. The summed E-state index contributed by atoms with van der Waals surface area (Å²) in [6.07, 6.45) is -0.904. The largest absolute Gasteiger partial charge is 0.397 e. The molecule has 1 aromatic rings. The van der Waals surface area contributed by atoms with E-state index >= 15 is 0 Å². The number of halogens is 1. The van der Waals surface area contributed by atoms with Gasteiger partial charge in [0, 0.05) is 13.1 Å². The van der Waals surface area contributed by atoms with Gasteiger partial charge in [0.2, 0.25) is 0 Å². The molecule has 1 aromatic carbocycles. The van der Waals surface area contributed by atoms with Crippen LogP contribution in [0.25, 0.3) is 0 Å². The van der Waals surface area contributed by atoms with Crippen LogP contribution < -0.4 is 10.6 Å². The summed E-state index contributed by atoms with van der Waals surface area (Å²) < 4.78 is 13.5. The van der Waals surface area contributed by atoms with Crippen molar-refractivity contribution in [3.05, 3.63) is 24.3 Å². The molecule has 3 nitrogen and oxygen atoms in total. The van der Waals surface area contributed by atoms with E-state index in [0.717, 1.165) is 18.8 Å². The van der Waals surface area contributed by atoms with Gasteiger partial charge in [0.15, 0.2) is 6.30 Å². The van der Waals surface area contributed by atoms with Crippen LogP contribution in [0.15, 0.2) is 24.3 Å². The molecule has 82 valence electrons. The quantitative estimate of drug-likeness (QED) is 0.559. The molecule has 1 aliphatic heterocycles. The van der Waals surface area contributed by atoms with Gasteiger partial charge in [-0.25, -0.2) is 4.39 Å². The van der Waals surface area contributed by atoms with Gasteiger partial charge in [-0.05, 0) is 19.2 Å². The Morgan fingerprint density at radius 2 is 2.07 bits per heavy atom. The number of piperazine rings is 1. The van der Waals surface area contributed by atoms with Crippen LogP contribution >= 0.6 is 0 Å². The van der Waals surface area contributed by atoms with E-state index in [0.29, 0.717) is 12.2 Å². The Morgan fingerprint density at radius 3 is 2.73 bits per heavy atom. The summed E-state index contributed by atoms with van der Waals surface area (Å²) in [6.45, 7) is 1.95. The average molecular weight is 209 g/mol. The van der Waals surface area contributed by atoms with E-state index in [1.54, 1.807) is 11.9 Å². The van der Waals surface area contributed by atoms with Gasteiger partial charge in [-0.15, -0.1) is 0 Å². The van der Waals surface area contributed by atoms with Crippen molar-refractivity contribution >= 4 is 11.4 Å². The first-order chi connectivity index (χ1) is 7.18. The zero-order valence-electron chi connectivity index (χ0n) is 8.86. The lowest BCUT2D eigenvalue weighted by atomic mass is 10.2. The Bertz CT molecular complexity index is 342. The minimum Gasteiger partial charge on any atom is -0.397 e. The standard InChI is InChI=1S/C11H16FN3/c1-14-6-7-15(8-11(14)12)10-5-3-2-4-9(10)13/h2-5,11H,6-8,13H2,1H3. The predicted molar refractivity (Wildman–Crippen MR) is 60.6 cm³/mol. The Balaban J connectivity index is 2.15. The number of hydrogen-bond acceptors (Lipinski definition) is 3. The number of anilines is 2. The maximum atomic E-state index is 13.5. The van der Waals surface area contributed by atoms with E-state index in [2.05, 4.69) is 0 Å². The summed E-state index contributed by atoms with van der Waals surface area (Å²) in [5.41, 5.74) is 7.51. The fraction of sp³-hybridized carbons (Fsp3) is 0.455. The highest BCUT2D eigenvalue weighted by molar-refractivity contribution is 5.67. The number of para-hydroxylation sites is 2. The number of hydrogen-bond donors (Lipinski definition) is 1. The highest BCUT2D eigenvalue weighted by Crippen LogP contribution is 2.24. The Hall–Kier alpha value is -1.29. The third-order valence-electron chi connectivity index (χ3n) is 2.85. The normalized spacial score (nSPS) is 23.1. The van der Waals surface area contributed by atoms with Gasteiger partial charge < -0.3 is 10.6 Å². The van der Waals surface area contributed by atoms with Crippen molar-refractivity contribution in [3.8, 4) is 0 Å². The molecule has 0 amide bonds. The smallest absolute Gasteiger partial charge is 0.171 e. The summed E-state index contributed by atoms with van der Waals surface area (Å²) in [4.78, 5) is 3.72. The Kier molecular flexibility index (Phi) is 2.77. The number of benzene rings is 1. The summed E-state index contributed by atoms with van der Waals surface area (Å²) in [5, 5.41) is 0. The van der Waals surface area contributed by atoms with Crippen LogP contribution in [0.1, 0.15) is 0 Å². The lowest BCUT2D eigenvalue weighted by Gasteiger charge is -2.37. The molecule has 1 unspecified atom stereocenters. The lowest BCUT2D eigenvalue weighted by Crippen LogP contribution is -2.49. The summed E-state index contributed by atoms with van der Waals surface area (Å²) in [7, 11) is 1.80. The van der Waals surface area contributed by atoms with Crippen molar-refractivity contribution in [1.29, 1.82) is 0 Å². The zero-order chi connectivity index (χ0) is 10.8. The van der Waals surface area contributed by atoms with E-state index in [1.807, 2.05) is 29.2 Å². The number of nitrogen functional groups attached to an aromatic ring is 1. The molecule has 0 saturated carbocycles. The number of rotatable bonds is 1. The van der Waals surface area contributed by atoms with E-state index in [9.17, 15) is 4.39 Å². The number of alkyl halides is 1. The fourth-order valence-electron chi connectivity index (χ4n) is 1.83. The zero-order valence-corrected chi connectivity index (χ0v) is 8.86. The first-order valence-corrected chi connectivity index (χ1v) is 5.12. The van der Waals surface area contributed by atoms with Crippen LogP contribution in [0.2, 0.25) is 0 Å². The van der Waals surface area contributed by atoms with Crippen molar-refractivity contribution in [3.63, 3.8) is 0 Å². The third-order valence-corrected chi connectivity index (χ3v) is 2.85. The number of nitrogens with two attached hydrogens (primary N) is 1. The van der Waals surface area contributed by atoms with Crippen LogP contribution in [0.3, 0.4) is 0 Å². The van der Waals surface area contributed by atoms with Crippen molar-refractivity contribution in [2.45, 2.75) is 6.30 Å². The van der Waals surface area contributed by atoms with Crippen LogP contribution in [0.5, 0.6) is 0 Å². The van der Waals surface area contributed by atoms with Crippen molar-refractivity contribution in [1.82, 2.24) is 4.90 Å². The maximum absolute atomic E-state index is 13.5. The Morgan fingerprint density at radius 1 is 1.33 bits per heavy atom. The van der Waals surface area contributed by atoms with E-state index < -0.39 is 6.30 Å². The molecule has 1 heterocycles. The van der Waals surface area contributed by atoms with Gasteiger partial charge >= 0.3 is 0 Å². The van der Waals surface area contributed by atoms with Crippen molar-refractivity contribution in [2.75, 3.05) is 37.3 Å². The van der Waals surface area contributed by atoms with E-state index in [-0.39, 0.29) is 0 Å². The predicted octanol–water partition coefficient (Wildman–Crippen LogP) is 1.32.